The molecule has 1 N–H and O–H groups in total. The third-order valence-corrected chi connectivity index (χ3v) is 5.95. The number of thioether (sulfide) groups is 1. The summed E-state index contributed by atoms with van der Waals surface area (Å²) in [5, 5.41) is 2.96. The first-order valence-electron chi connectivity index (χ1n) is 9.85. The van der Waals surface area contributed by atoms with Gasteiger partial charge in [0, 0.05) is 56.0 Å². The van der Waals surface area contributed by atoms with Gasteiger partial charge in [0.1, 0.15) is 11.6 Å². The number of nitrogens with zero attached hydrogens (tertiary/aromatic N) is 2. The van der Waals surface area contributed by atoms with Crippen molar-refractivity contribution in [2.45, 2.75) is 5.75 Å². The maximum absolute atomic E-state index is 13.6. The summed E-state index contributed by atoms with van der Waals surface area (Å²) in [5.74, 6) is 2.12. The van der Waals surface area contributed by atoms with Crippen molar-refractivity contribution in [3.8, 4) is 5.75 Å². The molecule has 156 valence electrons. The quantitative estimate of drug-likeness (QED) is 0.636. The van der Waals surface area contributed by atoms with Crippen molar-refractivity contribution in [2.24, 2.45) is 0 Å². The fraction of sp³-hybridized carbons (Fsp3) is 0.409. The number of piperazine rings is 1. The van der Waals surface area contributed by atoms with Gasteiger partial charge in [-0.2, -0.15) is 11.8 Å². The Morgan fingerprint density at radius 3 is 2.69 bits per heavy atom. The van der Waals surface area contributed by atoms with Gasteiger partial charge in [0.05, 0.1) is 13.7 Å². The van der Waals surface area contributed by atoms with Gasteiger partial charge in [0.25, 0.3) is 0 Å². The van der Waals surface area contributed by atoms with Gasteiger partial charge in [-0.05, 0) is 23.8 Å². The van der Waals surface area contributed by atoms with Crippen LogP contribution in [0.3, 0.4) is 0 Å². The Kier molecular flexibility index (Phi) is 8.19. The van der Waals surface area contributed by atoms with Crippen LogP contribution in [0.2, 0.25) is 0 Å². The Labute approximate surface area is 176 Å². The number of rotatable bonds is 9. The molecular formula is C22H28FN3O2S. The Morgan fingerprint density at radius 2 is 1.93 bits per heavy atom. The molecule has 1 fully saturated rings. The first kappa shape index (κ1) is 21.5. The highest BCUT2D eigenvalue weighted by atomic mass is 32.2. The summed E-state index contributed by atoms with van der Waals surface area (Å²) in [4.78, 5) is 16.7. The number of halogens is 1. The zero-order valence-corrected chi connectivity index (χ0v) is 17.6. The average molecular weight is 418 g/mol. The lowest BCUT2D eigenvalue weighted by molar-refractivity contribution is -0.122. The van der Waals surface area contributed by atoms with Crippen LogP contribution >= 0.6 is 11.8 Å². The van der Waals surface area contributed by atoms with Gasteiger partial charge in [0.2, 0.25) is 5.91 Å². The number of methoxy groups -OCH3 is 1. The standard InChI is InChI=1S/C22H28FN3O2S/c1-28-20-7-4-6-19(15-20)26-12-10-25(11-13-26)16-22(27)24-9-14-29-17-18-5-2-3-8-21(18)23/h2-8,15H,9-14,16-17H2,1H3,(H,24,27). The van der Waals surface area contributed by atoms with E-state index in [9.17, 15) is 9.18 Å². The molecule has 1 aliphatic rings. The first-order chi connectivity index (χ1) is 14.2. The smallest absolute Gasteiger partial charge is 0.234 e. The first-order valence-corrected chi connectivity index (χ1v) is 11.0. The topological polar surface area (TPSA) is 44.8 Å². The van der Waals surface area contributed by atoms with Gasteiger partial charge in [-0.25, -0.2) is 4.39 Å². The van der Waals surface area contributed by atoms with Crippen LogP contribution in [0.1, 0.15) is 5.56 Å². The number of amides is 1. The predicted octanol–water partition coefficient (Wildman–Crippen LogP) is 3.01. The molecule has 0 aromatic heterocycles. The van der Waals surface area contributed by atoms with Crippen LogP contribution in [-0.4, -0.2) is 62.9 Å². The third kappa shape index (κ3) is 6.65. The normalized spacial score (nSPS) is 14.6. The van der Waals surface area contributed by atoms with E-state index >= 15 is 0 Å². The predicted molar refractivity (Wildman–Crippen MR) is 117 cm³/mol. The molecule has 0 radical (unpaired) electrons. The molecule has 0 unspecified atom stereocenters. The van der Waals surface area contributed by atoms with Gasteiger partial charge in [-0.15, -0.1) is 0 Å². The second-order valence-electron chi connectivity index (χ2n) is 6.96. The maximum atomic E-state index is 13.6. The van der Waals surface area contributed by atoms with E-state index in [1.807, 2.05) is 24.3 Å². The fourth-order valence-electron chi connectivity index (χ4n) is 3.29. The minimum Gasteiger partial charge on any atom is -0.497 e. The van der Waals surface area contributed by atoms with Crippen molar-refractivity contribution in [1.29, 1.82) is 0 Å². The number of benzene rings is 2. The number of hydrogen-bond acceptors (Lipinski definition) is 5. The molecule has 1 aliphatic heterocycles. The average Bonchev–Trinajstić information content (AvgIpc) is 2.75. The summed E-state index contributed by atoms with van der Waals surface area (Å²) in [6.07, 6.45) is 0. The Balaban J connectivity index is 1.31. The van der Waals surface area contributed by atoms with Gasteiger partial charge in [0.15, 0.2) is 0 Å². The fourth-order valence-corrected chi connectivity index (χ4v) is 4.14. The molecule has 5 nitrogen and oxygen atoms in total. The maximum Gasteiger partial charge on any atom is 0.234 e. The van der Waals surface area contributed by atoms with Gasteiger partial charge < -0.3 is 15.0 Å². The van der Waals surface area contributed by atoms with Crippen LogP contribution in [0.25, 0.3) is 0 Å². The molecule has 0 saturated carbocycles. The molecule has 1 heterocycles. The molecular weight excluding hydrogens is 389 g/mol. The Morgan fingerprint density at radius 1 is 1.14 bits per heavy atom. The van der Waals surface area contributed by atoms with E-state index in [1.54, 1.807) is 31.0 Å². The molecule has 0 aliphatic carbocycles. The number of carbonyl (C=O) groups is 1. The minimum absolute atomic E-state index is 0.0475. The van der Waals surface area contributed by atoms with E-state index in [0.29, 0.717) is 24.4 Å². The summed E-state index contributed by atoms with van der Waals surface area (Å²) in [6.45, 7) is 4.50. The third-order valence-electron chi connectivity index (χ3n) is 4.94. The van der Waals surface area contributed by atoms with E-state index in [-0.39, 0.29) is 11.7 Å². The van der Waals surface area contributed by atoms with Crippen molar-refractivity contribution >= 4 is 23.4 Å². The van der Waals surface area contributed by atoms with E-state index in [4.69, 9.17) is 4.74 Å². The molecule has 0 spiro atoms. The second-order valence-corrected chi connectivity index (χ2v) is 8.06. The van der Waals surface area contributed by atoms with Crippen LogP contribution in [0.5, 0.6) is 5.75 Å². The zero-order valence-electron chi connectivity index (χ0n) is 16.8. The number of nitrogens with one attached hydrogen (secondary N) is 1. The SMILES string of the molecule is COc1cccc(N2CCN(CC(=O)NCCSCc3ccccc3F)CC2)c1. The molecule has 29 heavy (non-hydrogen) atoms. The zero-order chi connectivity index (χ0) is 20.5. The number of ether oxygens (including phenoxy) is 1. The molecule has 0 atom stereocenters. The summed E-state index contributed by atoms with van der Waals surface area (Å²) in [6, 6.07) is 14.9. The van der Waals surface area contributed by atoms with E-state index in [2.05, 4.69) is 21.2 Å². The van der Waals surface area contributed by atoms with Gasteiger partial charge in [-0.1, -0.05) is 24.3 Å². The van der Waals surface area contributed by atoms with Crippen LogP contribution in [-0.2, 0) is 10.5 Å². The van der Waals surface area contributed by atoms with Crippen LogP contribution in [0.15, 0.2) is 48.5 Å². The van der Waals surface area contributed by atoms with Crippen LogP contribution in [0, 0.1) is 5.82 Å². The summed E-state index contributed by atoms with van der Waals surface area (Å²) >= 11 is 1.62. The van der Waals surface area contributed by atoms with Crippen molar-refractivity contribution in [2.75, 3.05) is 57.0 Å². The number of carbonyl (C=O) groups excluding carboxylic acids is 1. The highest BCUT2D eigenvalue weighted by Crippen LogP contribution is 2.22. The lowest BCUT2D eigenvalue weighted by atomic mass is 10.2. The van der Waals surface area contributed by atoms with E-state index in [0.717, 1.165) is 43.4 Å². The van der Waals surface area contributed by atoms with Crippen LogP contribution < -0.4 is 15.0 Å². The molecule has 2 aromatic rings. The van der Waals surface area contributed by atoms with Gasteiger partial charge in [-0.3, -0.25) is 9.69 Å². The van der Waals surface area contributed by atoms with E-state index < -0.39 is 0 Å². The molecule has 3 rings (SSSR count). The molecule has 1 saturated heterocycles. The van der Waals surface area contributed by atoms with Crippen molar-refractivity contribution in [3.63, 3.8) is 0 Å². The van der Waals surface area contributed by atoms with Crippen LogP contribution in [0.4, 0.5) is 10.1 Å². The summed E-state index contributed by atoms with van der Waals surface area (Å²) in [5.41, 5.74) is 1.86. The van der Waals surface area contributed by atoms with Crippen molar-refractivity contribution in [1.82, 2.24) is 10.2 Å². The molecule has 7 heteroatoms. The highest BCUT2D eigenvalue weighted by Gasteiger charge is 2.19. The minimum atomic E-state index is -0.169. The van der Waals surface area contributed by atoms with Crippen molar-refractivity contribution < 1.29 is 13.9 Å². The van der Waals surface area contributed by atoms with Gasteiger partial charge >= 0.3 is 0 Å². The lowest BCUT2D eigenvalue weighted by Crippen LogP contribution is -2.49. The molecule has 0 bridgehead atoms. The second kappa shape index (κ2) is 11.1. The largest absolute Gasteiger partial charge is 0.497 e. The van der Waals surface area contributed by atoms with E-state index in [1.165, 1.54) is 6.07 Å². The Bertz CT molecular complexity index is 797. The highest BCUT2D eigenvalue weighted by molar-refractivity contribution is 7.98. The lowest BCUT2D eigenvalue weighted by Gasteiger charge is -2.35. The Hall–Kier alpha value is -2.25. The summed E-state index contributed by atoms with van der Waals surface area (Å²) < 4.78 is 18.9. The summed E-state index contributed by atoms with van der Waals surface area (Å²) in [7, 11) is 1.67. The molecule has 1 amide bonds. The van der Waals surface area contributed by atoms with Crippen molar-refractivity contribution in [3.05, 3.63) is 59.9 Å². The molecule has 2 aromatic carbocycles. The number of anilines is 1. The number of hydrogen-bond donors (Lipinski definition) is 1. The monoisotopic (exact) mass is 417 g/mol.